The molecule has 10 heteroatoms. The zero-order chi connectivity index (χ0) is 18.2. The molecule has 0 bridgehead atoms. The van der Waals surface area contributed by atoms with Crippen LogP contribution < -0.4 is 14.5 Å². The highest BCUT2D eigenvalue weighted by atomic mass is 32.2. The number of carbonyl (C=O) groups is 2. The average molecular weight is 359 g/mol. The summed E-state index contributed by atoms with van der Waals surface area (Å²) >= 11 is 0. The third-order valence-corrected chi connectivity index (χ3v) is 4.85. The Bertz CT molecular complexity index is 783. The molecule has 1 N–H and O–H groups in total. The standard InChI is InChI=1S/C14H18FN3O5S/c1-8-13(16-9(2)19)23-14(20)18(8)10-5-6-12(11(15)7-10)17(3)24(4,21)22/h5-8,13H,1-4H3,(H,16,19)/t8?,13-/m0/s1. The van der Waals surface area contributed by atoms with Gasteiger partial charge in [0.1, 0.15) is 5.82 Å². The summed E-state index contributed by atoms with van der Waals surface area (Å²) in [7, 11) is -2.38. The smallest absolute Gasteiger partial charge is 0.416 e. The Morgan fingerprint density at radius 2 is 2.04 bits per heavy atom. The van der Waals surface area contributed by atoms with E-state index in [-0.39, 0.29) is 17.3 Å². The third kappa shape index (κ3) is 3.42. The lowest BCUT2D eigenvalue weighted by molar-refractivity contribution is -0.121. The van der Waals surface area contributed by atoms with E-state index in [0.717, 1.165) is 16.6 Å². The molecule has 24 heavy (non-hydrogen) atoms. The molecular formula is C14H18FN3O5S. The Kier molecular flexibility index (Phi) is 4.70. The lowest BCUT2D eigenvalue weighted by Crippen LogP contribution is -2.43. The average Bonchev–Trinajstić information content (AvgIpc) is 2.71. The van der Waals surface area contributed by atoms with Gasteiger partial charge in [-0.2, -0.15) is 0 Å². The highest BCUT2D eigenvalue weighted by Gasteiger charge is 2.40. The molecule has 2 rings (SSSR count). The minimum Gasteiger partial charge on any atom is -0.423 e. The summed E-state index contributed by atoms with van der Waals surface area (Å²) in [5, 5.41) is 2.48. The number of anilines is 2. The van der Waals surface area contributed by atoms with Crippen molar-refractivity contribution in [2.45, 2.75) is 26.1 Å². The Balaban J connectivity index is 2.32. The van der Waals surface area contributed by atoms with E-state index in [1.807, 2.05) is 0 Å². The quantitative estimate of drug-likeness (QED) is 0.866. The zero-order valence-corrected chi connectivity index (χ0v) is 14.4. The maximum atomic E-state index is 14.3. The topological polar surface area (TPSA) is 96.0 Å². The number of benzene rings is 1. The number of halogens is 1. The molecule has 1 unspecified atom stereocenters. The largest absolute Gasteiger partial charge is 0.423 e. The van der Waals surface area contributed by atoms with Gasteiger partial charge in [0, 0.05) is 14.0 Å². The number of carbonyl (C=O) groups excluding carboxylic acids is 2. The van der Waals surface area contributed by atoms with Gasteiger partial charge in [-0.15, -0.1) is 0 Å². The Hall–Kier alpha value is -2.36. The highest BCUT2D eigenvalue weighted by molar-refractivity contribution is 7.92. The molecule has 1 fully saturated rings. The molecule has 2 amide bonds. The van der Waals surface area contributed by atoms with Crippen LogP contribution in [0.2, 0.25) is 0 Å². The third-order valence-electron chi connectivity index (χ3n) is 3.66. The number of nitrogens with zero attached hydrogens (tertiary/aromatic N) is 2. The van der Waals surface area contributed by atoms with E-state index in [1.165, 1.54) is 31.0 Å². The van der Waals surface area contributed by atoms with Crippen LogP contribution in [0.5, 0.6) is 0 Å². The van der Waals surface area contributed by atoms with Crippen LogP contribution in [0.1, 0.15) is 13.8 Å². The van der Waals surface area contributed by atoms with Gasteiger partial charge in [-0.05, 0) is 25.1 Å². The maximum Gasteiger partial charge on any atom is 0.416 e. The Morgan fingerprint density at radius 1 is 1.42 bits per heavy atom. The molecular weight excluding hydrogens is 341 g/mol. The number of cyclic esters (lactones) is 1. The minimum atomic E-state index is -3.61. The summed E-state index contributed by atoms with van der Waals surface area (Å²) in [6.45, 7) is 2.93. The zero-order valence-electron chi connectivity index (χ0n) is 13.6. The van der Waals surface area contributed by atoms with Crippen molar-refractivity contribution in [2.75, 3.05) is 22.5 Å². The van der Waals surface area contributed by atoms with Crippen molar-refractivity contribution in [3.05, 3.63) is 24.0 Å². The number of rotatable bonds is 4. The van der Waals surface area contributed by atoms with Crippen LogP contribution >= 0.6 is 0 Å². The molecule has 132 valence electrons. The fraction of sp³-hybridized carbons (Fsp3) is 0.429. The molecule has 0 spiro atoms. The van der Waals surface area contributed by atoms with Gasteiger partial charge in [-0.1, -0.05) is 0 Å². The van der Waals surface area contributed by atoms with Crippen molar-refractivity contribution in [1.29, 1.82) is 0 Å². The molecule has 0 aliphatic carbocycles. The van der Waals surface area contributed by atoms with Crippen molar-refractivity contribution in [2.24, 2.45) is 0 Å². The molecule has 1 aliphatic heterocycles. The van der Waals surface area contributed by atoms with E-state index in [2.05, 4.69) is 5.32 Å². The first-order valence-electron chi connectivity index (χ1n) is 7.02. The summed E-state index contributed by atoms with van der Waals surface area (Å²) in [5.41, 5.74) is 0.0587. The normalized spacial score (nSPS) is 20.7. The summed E-state index contributed by atoms with van der Waals surface area (Å²) in [5.74, 6) is -1.17. The van der Waals surface area contributed by atoms with Crippen LogP contribution in [-0.2, 0) is 19.6 Å². The SMILES string of the molecule is CC(=O)N[C@H]1OC(=O)N(c2ccc(N(C)S(C)(=O)=O)c(F)c2)C1C. The van der Waals surface area contributed by atoms with Crippen molar-refractivity contribution in [1.82, 2.24) is 5.32 Å². The van der Waals surface area contributed by atoms with Crippen molar-refractivity contribution in [3.63, 3.8) is 0 Å². The number of hydrogen-bond donors (Lipinski definition) is 1. The fourth-order valence-corrected chi connectivity index (χ4v) is 2.84. The molecule has 2 atom stereocenters. The van der Waals surface area contributed by atoms with Gasteiger partial charge in [0.15, 0.2) is 6.23 Å². The second-order valence-corrected chi connectivity index (χ2v) is 7.50. The summed E-state index contributed by atoms with van der Waals surface area (Å²) in [6, 6.07) is 3.16. The first-order chi connectivity index (χ1) is 11.0. The Labute approximate surface area is 139 Å². The molecule has 0 saturated carbocycles. The highest BCUT2D eigenvalue weighted by Crippen LogP contribution is 2.30. The van der Waals surface area contributed by atoms with Crippen LogP contribution in [0.4, 0.5) is 20.6 Å². The first kappa shape index (κ1) is 18.0. The lowest BCUT2D eigenvalue weighted by atomic mass is 10.2. The van der Waals surface area contributed by atoms with E-state index in [9.17, 15) is 22.4 Å². The van der Waals surface area contributed by atoms with Crippen LogP contribution in [0.25, 0.3) is 0 Å². The second-order valence-electron chi connectivity index (χ2n) is 5.48. The van der Waals surface area contributed by atoms with Gasteiger partial charge in [-0.3, -0.25) is 14.0 Å². The number of hydrogen-bond acceptors (Lipinski definition) is 5. The van der Waals surface area contributed by atoms with Crippen molar-refractivity contribution in [3.8, 4) is 0 Å². The summed E-state index contributed by atoms with van der Waals surface area (Å²) in [4.78, 5) is 24.3. The van der Waals surface area contributed by atoms with Gasteiger partial charge in [-0.25, -0.2) is 17.6 Å². The van der Waals surface area contributed by atoms with Crippen molar-refractivity contribution >= 4 is 33.4 Å². The van der Waals surface area contributed by atoms with Gasteiger partial charge >= 0.3 is 6.09 Å². The van der Waals surface area contributed by atoms with Gasteiger partial charge in [0.25, 0.3) is 0 Å². The van der Waals surface area contributed by atoms with Gasteiger partial charge in [0.05, 0.1) is 23.7 Å². The van der Waals surface area contributed by atoms with Crippen molar-refractivity contribution < 1.29 is 27.1 Å². The lowest BCUT2D eigenvalue weighted by Gasteiger charge is -2.22. The van der Waals surface area contributed by atoms with E-state index >= 15 is 0 Å². The van der Waals surface area contributed by atoms with E-state index < -0.39 is 34.2 Å². The molecule has 0 radical (unpaired) electrons. The number of sulfonamides is 1. The summed E-state index contributed by atoms with van der Waals surface area (Å²) < 4.78 is 43.2. The van der Waals surface area contributed by atoms with E-state index in [4.69, 9.17) is 4.74 Å². The number of amides is 2. The molecule has 1 aliphatic rings. The second kappa shape index (κ2) is 6.27. The number of ether oxygens (including phenoxy) is 1. The van der Waals surface area contributed by atoms with Crippen LogP contribution in [0.15, 0.2) is 18.2 Å². The maximum absolute atomic E-state index is 14.3. The molecule has 0 aromatic heterocycles. The molecule has 1 aromatic carbocycles. The minimum absolute atomic E-state index is 0.139. The van der Waals surface area contributed by atoms with Crippen LogP contribution in [-0.4, -0.2) is 46.0 Å². The van der Waals surface area contributed by atoms with Crippen LogP contribution in [0.3, 0.4) is 0 Å². The van der Waals surface area contributed by atoms with Crippen LogP contribution in [0, 0.1) is 5.82 Å². The predicted molar refractivity (Wildman–Crippen MR) is 85.7 cm³/mol. The molecule has 1 heterocycles. The predicted octanol–water partition coefficient (Wildman–Crippen LogP) is 1.03. The Morgan fingerprint density at radius 3 is 2.54 bits per heavy atom. The molecule has 1 aromatic rings. The number of nitrogens with one attached hydrogen (secondary N) is 1. The molecule has 1 saturated heterocycles. The van der Waals surface area contributed by atoms with Gasteiger partial charge in [0.2, 0.25) is 15.9 Å². The summed E-state index contributed by atoms with van der Waals surface area (Å²) in [6.07, 6.45) is -0.625. The first-order valence-corrected chi connectivity index (χ1v) is 8.87. The fourth-order valence-electron chi connectivity index (χ4n) is 2.34. The van der Waals surface area contributed by atoms with E-state index in [1.54, 1.807) is 6.92 Å². The van der Waals surface area contributed by atoms with E-state index in [0.29, 0.717) is 0 Å². The molecule has 8 nitrogen and oxygen atoms in total. The van der Waals surface area contributed by atoms with Gasteiger partial charge < -0.3 is 10.1 Å². The monoisotopic (exact) mass is 359 g/mol.